The Hall–Kier alpha value is -2.80. The van der Waals surface area contributed by atoms with Crippen LogP contribution < -0.4 is 5.32 Å². The van der Waals surface area contributed by atoms with Gasteiger partial charge in [0.2, 0.25) is 5.91 Å². The van der Waals surface area contributed by atoms with Gasteiger partial charge < -0.3 is 15.4 Å². The van der Waals surface area contributed by atoms with Crippen molar-refractivity contribution in [3.63, 3.8) is 0 Å². The van der Waals surface area contributed by atoms with E-state index in [0.29, 0.717) is 23.2 Å². The van der Waals surface area contributed by atoms with Gasteiger partial charge >= 0.3 is 0 Å². The van der Waals surface area contributed by atoms with Gasteiger partial charge in [-0.3, -0.25) is 4.79 Å². The molecule has 3 N–H and O–H groups in total. The lowest BCUT2D eigenvalue weighted by molar-refractivity contribution is -0.124. The second kappa shape index (κ2) is 7.31. The topological polar surface area (TPSA) is 65.1 Å². The molecule has 1 aliphatic carbocycles. The van der Waals surface area contributed by atoms with E-state index in [4.69, 9.17) is 5.11 Å². The van der Waals surface area contributed by atoms with Gasteiger partial charge in [0.15, 0.2) is 0 Å². The summed E-state index contributed by atoms with van der Waals surface area (Å²) in [4.78, 5) is 14.3. The van der Waals surface area contributed by atoms with E-state index in [-0.39, 0.29) is 23.2 Å². The second-order valence-corrected chi connectivity index (χ2v) is 7.23. The zero-order valence-electron chi connectivity index (χ0n) is 14.9. The van der Waals surface area contributed by atoms with Gasteiger partial charge in [-0.15, -0.1) is 0 Å². The number of aromatic nitrogens is 1. The van der Waals surface area contributed by atoms with Crippen LogP contribution in [0.4, 0.5) is 13.2 Å². The minimum Gasteiger partial charge on any atom is -0.387 e. The van der Waals surface area contributed by atoms with Gasteiger partial charge in [-0.1, -0.05) is 0 Å². The Labute approximate surface area is 159 Å². The zero-order chi connectivity index (χ0) is 19.8. The minimum absolute atomic E-state index is 0.0611. The molecule has 0 unspecified atom stereocenters. The molecule has 1 aromatic heterocycles. The van der Waals surface area contributed by atoms with Crippen molar-refractivity contribution >= 4 is 16.8 Å². The molecule has 4 nitrogen and oxygen atoms in total. The number of carbonyl (C=O) groups is 1. The van der Waals surface area contributed by atoms with E-state index in [2.05, 4.69) is 10.3 Å². The molecule has 4 rings (SSSR count). The van der Waals surface area contributed by atoms with E-state index >= 15 is 0 Å². The van der Waals surface area contributed by atoms with Gasteiger partial charge in [0, 0.05) is 18.0 Å². The Kier molecular flexibility index (Phi) is 4.85. The zero-order valence-corrected chi connectivity index (χ0v) is 14.9. The summed E-state index contributed by atoms with van der Waals surface area (Å²) in [6.45, 7) is -0.0985. The third kappa shape index (κ3) is 3.38. The van der Waals surface area contributed by atoms with Crippen LogP contribution in [0.2, 0.25) is 0 Å². The molecule has 1 aliphatic rings. The molecule has 7 heteroatoms. The van der Waals surface area contributed by atoms with Crippen molar-refractivity contribution in [3.8, 4) is 11.3 Å². The van der Waals surface area contributed by atoms with Gasteiger partial charge in [-0.25, -0.2) is 13.2 Å². The van der Waals surface area contributed by atoms with Crippen molar-refractivity contribution in [1.82, 2.24) is 10.3 Å². The smallest absolute Gasteiger partial charge is 0.245 e. The first-order valence-corrected chi connectivity index (χ1v) is 9.10. The van der Waals surface area contributed by atoms with Crippen molar-refractivity contribution in [2.75, 3.05) is 13.2 Å². The predicted molar refractivity (Wildman–Crippen MR) is 99.2 cm³/mol. The lowest BCUT2D eigenvalue weighted by atomic mass is 9.70. The van der Waals surface area contributed by atoms with Crippen LogP contribution in [0.5, 0.6) is 0 Å². The van der Waals surface area contributed by atoms with Gasteiger partial charge in [-0.2, -0.15) is 0 Å². The van der Waals surface area contributed by atoms with Crippen LogP contribution in [0.3, 0.4) is 0 Å². The number of halogens is 3. The number of carbonyl (C=O) groups excluding carboxylic acids is 1. The highest BCUT2D eigenvalue weighted by molar-refractivity contribution is 5.92. The molecule has 0 saturated heterocycles. The number of aliphatic hydroxyl groups excluding tert-OH is 1. The maximum atomic E-state index is 14.3. The quantitative estimate of drug-likeness (QED) is 0.622. The van der Waals surface area contributed by atoms with Crippen LogP contribution in [0.25, 0.3) is 22.2 Å². The largest absolute Gasteiger partial charge is 0.387 e. The van der Waals surface area contributed by atoms with Crippen LogP contribution >= 0.6 is 0 Å². The van der Waals surface area contributed by atoms with Gasteiger partial charge in [0.05, 0.1) is 11.2 Å². The third-order valence-electron chi connectivity index (χ3n) is 5.37. The fourth-order valence-corrected chi connectivity index (χ4v) is 3.96. The van der Waals surface area contributed by atoms with Crippen LogP contribution in [0.1, 0.15) is 24.3 Å². The summed E-state index contributed by atoms with van der Waals surface area (Å²) < 4.78 is 41.5. The molecule has 1 saturated carbocycles. The number of aromatic amines is 1. The lowest BCUT2D eigenvalue weighted by Crippen LogP contribution is -2.36. The summed E-state index contributed by atoms with van der Waals surface area (Å²) >= 11 is 0. The van der Waals surface area contributed by atoms with E-state index in [0.717, 1.165) is 24.5 Å². The number of nitrogens with one attached hydrogen (secondary N) is 2. The number of benzene rings is 2. The monoisotopic (exact) mass is 388 g/mol. The molecule has 1 heterocycles. The molecular formula is C21H19F3N2O2. The molecular weight excluding hydrogens is 369 g/mol. The number of aliphatic hydroxyl groups is 1. The highest BCUT2D eigenvalue weighted by Gasteiger charge is 2.34. The normalized spacial score (nSPS) is 18.9. The number of hydrogen-bond donors (Lipinski definition) is 3. The SMILES string of the molecule is O=C(CO)NC[C@H]1C[C@H](c2c(-c3ccc(F)cc3)[nH]c3c(F)cc(F)cc32)C1. The molecule has 0 aliphatic heterocycles. The fourth-order valence-electron chi connectivity index (χ4n) is 3.96. The van der Waals surface area contributed by atoms with E-state index in [1.54, 1.807) is 12.1 Å². The summed E-state index contributed by atoms with van der Waals surface area (Å²) in [5.41, 5.74) is 2.39. The maximum absolute atomic E-state index is 14.3. The first-order chi connectivity index (χ1) is 13.5. The average molecular weight is 388 g/mol. The maximum Gasteiger partial charge on any atom is 0.245 e. The Bertz CT molecular complexity index is 1020. The number of H-pyrrole nitrogens is 1. The summed E-state index contributed by atoms with van der Waals surface area (Å²) in [5, 5.41) is 11.9. The molecule has 0 bridgehead atoms. The van der Waals surface area contributed by atoms with Gasteiger partial charge in [0.25, 0.3) is 0 Å². The number of rotatable bonds is 5. The summed E-state index contributed by atoms with van der Waals surface area (Å²) in [6.07, 6.45) is 1.48. The number of amides is 1. The van der Waals surface area contributed by atoms with E-state index in [1.807, 2.05) is 0 Å². The highest BCUT2D eigenvalue weighted by atomic mass is 19.1. The standard InChI is InChI=1S/C21H19F3N2O2/c22-14-3-1-12(2-4-14)20-19(13-5-11(6-13)9-25-18(28)10-27)16-7-15(23)8-17(24)21(16)26-20/h1-4,7-8,11,13,26-27H,5-6,9-10H2,(H,25,28)/t11-,13-. The van der Waals surface area contributed by atoms with Crippen molar-refractivity contribution in [3.05, 3.63) is 59.4 Å². The predicted octanol–water partition coefficient (Wildman–Crippen LogP) is 3.85. The molecule has 28 heavy (non-hydrogen) atoms. The number of fused-ring (bicyclic) bond motifs is 1. The first kappa shape index (κ1) is 18.6. The fraction of sp³-hybridized carbons (Fsp3) is 0.286. The molecule has 0 spiro atoms. The summed E-state index contributed by atoms with van der Waals surface area (Å²) in [7, 11) is 0. The van der Waals surface area contributed by atoms with Crippen molar-refractivity contribution in [2.24, 2.45) is 5.92 Å². The number of hydrogen-bond acceptors (Lipinski definition) is 2. The molecule has 2 aromatic carbocycles. The highest BCUT2D eigenvalue weighted by Crippen LogP contribution is 2.48. The van der Waals surface area contributed by atoms with E-state index in [1.165, 1.54) is 18.2 Å². The van der Waals surface area contributed by atoms with Crippen molar-refractivity contribution < 1.29 is 23.1 Å². The molecule has 146 valence electrons. The molecule has 0 atom stereocenters. The Morgan fingerprint density at radius 3 is 2.50 bits per heavy atom. The Balaban J connectivity index is 1.69. The van der Waals surface area contributed by atoms with E-state index in [9.17, 15) is 18.0 Å². The summed E-state index contributed by atoms with van der Waals surface area (Å²) in [6, 6.07) is 8.03. The Morgan fingerprint density at radius 2 is 1.82 bits per heavy atom. The Morgan fingerprint density at radius 1 is 1.11 bits per heavy atom. The van der Waals surface area contributed by atoms with Crippen LogP contribution in [0.15, 0.2) is 36.4 Å². The molecule has 1 amide bonds. The first-order valence-electron chi connectivity index (χ1n) is 9.10. The second-order valence-electron chi connectivity index (χ2n) is 7.23. The lowest BCUT2D eigenvalue weighted by Gasteiger charge is -2.36. The third-order valence-corrected chi connectivity index (χ3v) is 5.37. The van der Waals surface area contributed by atoms with Crippen LogP contribution in [-0.2, 0) is 4.79 Å². The molecule has 0 radical (unpaired) electrons. The van der Waals surface area contributed by atoms with Gasteiger partial charge in [-0.05, 0) is 66.1 Å². The van der Waals surface area contributed by atoms with Crippen molar-refractivity contribution in [1.29, 1.82) is 0 Å². The molecule has 3 aromatic rings. The van der Waals surface area contributed by atoms with E-state index < -0.39 is 24.1 Å². The van der Waals surface area contributed by atoms with Crippen LogP contribution in [-0.4, -0.2) is 29.1 Å². The minimum atomic E-state index is -0.671. The van der Waals surface area contributed by atoms with Crippen LogP contribution in [0, 0.1) is 23.4 Å². The summed E-state index contributed by atoms with van der Waals surface area (Å²) in [5.74, 6) is -1.83. The molecule has 1 fully saturated rings. The average Bonchev–Trinajstić information content (AvgIpc) is 3.00. The van der Waals surface area contributed by atoms with Gasteiger partial charge in [0.1, 0.15) is 24.1 Å². The van der Waals surface area contributed by atoms with Crippen molar-refractivity contribution in [2.45, 2.75) is 18.8 Å².